The molecular formula is C17H32N2O2. The SMILES string of the molecule is CC(C)NC(C)(COC1CC2CCC1(C)C2(C)C)C(N)=O. The Bertz CT molecular complexity index is 421. The summed E-state index contributed by atoms with van der Waals surface area (Å²) in [4.78, 5) is 11.8. The minimum absolute atomic E-state index is 0.193. The van der Waals surface area contributed by atoms with Crippen LogP contribution < -0.4 is 11.1 Å². The number of hydrogen-bond acceptors (Lipinski definition) is 3. The maximum Gasteiger partial charge on any atom is 0.239 e. The summed E-state index contributed by atoms with van der Waals surface area (Å²) in [5.41, 5.74) is 5.33. The second-order valence-corrected chi connectivity index (χ2v) is 8.41. The number of primary amides is 1. The molecule has 2 aliphatic carbocycles. The molecule has 4 atom stereocenters. The molecule has 4 heteroatoms. The average molecular weight is 296 g/mol. The Morgan fingerprint density at radius 2 is 2.05 bits per heavy atom. The van der Waals surface area contributed by atoms with Crippen molar-refractivity contribution in [3.8, 4) is 0 Å². The summed E-state index contributed by atoms with van der Waals surface area (Å²) in [7, 11) is 0. The van der Waals surface area contributed by atoms with Gasteiger partial charge in [0.15, 0.2) is 0 Å². The highest BCUT2D eigenvalue weighted by Gasteiger charge is 2.62. The van der Waals surface area contributed by atoms with Crippen LogP contribution in [0.1, 0.15) is 60.8 Å². The standard InChI is InChI=1S/C17H32N2O2/c1-11(2)19-17(6,14(18)20)10-21-13-9-12-7-8-16(13,5)15(12,3)4/h11-13,19H,7-10H2,1-6H3,(H2,18,20). The predicted molar refractivity (Wildman–Crippen MR) is 84.8 cm³/mol. The van der Waals surface area contributed by atoms with Gasteiger partial charge < -0.3 is 10.5 Å². The first-order chi connectivity index (χ1) is 9.53. The molecule has 2 fully saturated rings. The number of fused-ring (bicyclic) bond motifs is 2. The molecule has 0 saturated heterocycles. The smallest absolute Gasteiger partial charge is 0.239 e. The normalized spacial score (nSPS) is 36.9. The Kier molecular flexibility index (Phi) is 4.18. The Balaban J connectivity index is 2.05. The second-order valence-electron chi connectivity index (χ2n) is 8.41. The molecule has 0 aromatic rings. The lowest BCUT2D eigenvalue weighted by Gasteiger charge is -2.40. The fraction of sp³-hybridized carbons (Fsp3) is 0.941. The van der Waals surface area contributed by atoms with E-state index in [0.717, 1.165) is 12.3 Å². The van der Waals surface area contributed by atoms with Crippen molar-refractivity contribution in [3.05, 3.63) is 0 Å². The molecule has 2 aliphatic rings. The minimum atomic E-state index is -0.795. The molecule has 0 radical (unpaired) electrons. The molecule has 0 heterocycles. The van der Waals surface area contributed by atoms with E-state index in [1.165, 1.54) is 12.8 Å². The van der Waals surface area contributed by atoms with E-state index in [0.29, 0.717) is 12.0 Å². The average Bonchev–Trinajstić information content (AvgIpc) is 2.67. The van der Waals surface area contributed by atoms with Crippen molar-refractivity contribution >= 4 is 5.91 Å². The van der Waals surface area contributed by atoms with Crippen molar-refractivity contribution in [2.75, 3.05) is 6.61 Å². The third-order valence-corrected chi connectivity index (χ3v) is 6.44. The maximum absolute atomic E-state index is 11.8. The number of carbonyl (C=O) groups excluding carboxylic acids is 1. The van der Waals surface area contributed by atoms with E-state index < -0.39 is 5.54 Å². The van der Waals surface area contributed by atoms with Gasteiger partial charge in [0.1, 0.15) is 5.54 Å². The van der Waals surface area contributed by atoms with Gasteiger partial charge in [-0.25, -0.2) is 0 Å². The molecule has 2 rings (SSSR count). The van der Waals surface area contributed by atoms with Gasteiger partial charge in [-0.15, -0.1) is 0 Å². The van der Waals surface area contributed by atoms with Crippen LogP contribution in [0.5, 0.6) is 0 Å². The number of ether oxygens (including phenoxy) is 1. The number of carbonyl (C=O) groups is 1. The van der Waals surface area contributed by atoms with E-state index in [4.69, 9.17) is 10.5 Å². The van der Waals surface area contributed by atoms with Gasteiger partial charge in [-0.05, 0) is 56.8 Å². The third-order valence-electron chi connectivity index (χ3n) is 6.44. The minimum Gasteiger partial charge on any atom is -0.375 e. The monoisotopic (exact) mass is 296 g/mol. The first-order valence-electron chi connectivity index (χ1n) is 8.22. The first-order valence-corrected chi connectivity index (χ1v) is 8.22. The number of nitrogens with two attached hydrogens (primary N) is 1. The van der Waals surface area contributed by atoms with E-state index in [2.05, 4.69) is 26.1 Å². The highest BCUT2D eigenvalue weighted by molar-refractivity contribution is 5.84. The summed E-state index contributed by atoms with van der Waals surface area (Å²) < 4.78 is 6.24. The largest absolute Gasteiger partial charge is 0.375 e. The fourth-order valence-electron chi connectivity index (χ4n) is 4.47. The Hall–Kier alpha value is -0.610. The fourth-order valence-corrected chi connectivity index (χ4v) is 4.47. The number of nitrogens with one attached hydrogen (secondary N) is 1. The van der Waals surface area contributed by atoms with E-state index in [9.17, 15) is 4.79 Å². The van der Waals surface area contributed by atoms with Gasteiger partial charge in [0.05, 0.1) is 12.7 Å². The molecule has 2 saturated carbocycles. The molecule has 2 bridgehead atoms. The van der Waals surface area contributed by atoms with Crippen LogP contribution in [0.25, 0.3) is 0 Å². The zero-order valence-corrected chi connectivity index (χ0v) is 14.5. The van der Waals surface area contributed by atoms with Crippen LogP contribution in [0.15, 0.2) is 0 Å². The summed E-state index contributed by atoms with van der Waals surface area (Å²) in [6, 6.07) is 0.193. The van der Waals surface area contributed by atoms with Crippen LogP contribution in [0.3, 0.4) is 0 Å². The lowest BCUT2D eigenvalue weighted by molar-refractivity contribution is -0.130. The van der Waals surface area contributed by atoms with Crippen molar-refractivity contribution < 1.29 is 9.53 Å². The third kappa shape index (κ3) is 2.61. The molecule has 4 nitrogen and oxygen atoms in total. The van der Waals surface area contributed by atoms with Gasteiger partial charge in [-0.1, -0.05) is 20.8 Å². The van der Waals surface area contributed by atoms with Crippen LogP contribution in [-0.2, 0) is 9.53 Å². The molecule has 0 aromatic heterocycles. The molecule has 1 amide bonds. The molecule has 122 valence electrons. The molecule has 0 spiro atoms. The Morgan fingerprint density at radius 3 is 2.43 bits per heavy atom. The number of rotatable bonds is 6. The van der Waals surface area contributed by atoms with Crippen molar-refractivity contribution in [1.82, 2.24) is 5.32 Å². The van der Waals surface area contributed by atoms with Gasteiger partial charge in [0.25, 0.3) is 0 Å². The highest BCUT2D eigenvalue weighted by atomic mass is 16.5. The Morgan fingerprint density at radius 1 is 1.43 bits per heavy atom. The van der Waals surface area contributed by atoms with E-state index >= 15 is 0 Å². The van der Waals surface area contributed by atoms with Crippen LogP contribution in [-0.4, -0.2) is 30.2 Å². The quantitative estimate of drug-likeness (QED) is 0.791. The lowest BCUT2D eigenvalue weighted by atomic mass is 9.70. The van der Waals surface area contributed by atoms with Crippen molar-refractivity contribution in [2.24, 2.45) is 22.5 Å². The zero-order valence-electron chi connectivity index (χ0n) is 14.5. The second kappa shape index (κ2) is 5.24. The van der Waals surface area contributed by atoms with Gasteiger partial charge in [0.2, 0.25) is 5.91 Å². The number of hydrogen-bond donors (Lipinski definition) is 2. The van der Waals surface area contributed by atoms with Gasteiger partial charge in [-0.3, -0.25) is 10.1 Å². The first kappa shape index (κ1) is 16.8. The van der Waals surface area contributed by atoms with Gasteiger partial charge in [-0.2, -0.15) is 0 Å². The van der Waals surface area contributed by atoms with Crippen molar-refractivity contribution in [3.63, 3.8) is 0 Å². The Labute approximate surface area is 129 Å². The molecular weight excluding hydrogens is 264 g/mol. The summed E-state index contributed by atoms with van der Waals surface area (Å²) >= 11 is 0. The van der Waals surface area contributed by atoms with E-state index in [1.807, 2.05) is 20.8 Å². The summed E-state index contributed by atoms with van der Waals surface area (Å²) in [5.74, 6) is 0.397. The van der Waals surface area contributed by atoms with Crippen LogP contribution >= 0.6 is 0 Å². The topological polar surface area (TPSA) is 64.3 Å². The number of amides is 1. The van der Waals surface area contributed by atoms with E-state index in [1.54, 1.807) is 0 Å². The summed E-state index contributed by atoms with van der Waals surface area (Å²) in [6.45, 7) is 13.3. The lowest BCUT2D eigenvalue weighted by Crippen LogP contribution is -2.59. The molecule has 21 heavy (non-hydrogen) atoms. The van der Waals surface area contributed by atoms with Crippen LogP contribution in [0, 0.1) is 16.7 Å². The van der Waals surface area contributed by atoms with Crippen molar-refractivity contribution in [2.45, 2.75) is 78.5 Å². The zero-order chi connectivity index (χ0) is 16.1. The molecule has 0 aromatic carbocycles. The van der Waals surface area contributed by atoms with Crippen LogP contribution in [0.4, 0.5) is 0 Å². The maximum atomic E-state index is 11.8. The summed E-state index contributed by atoms with van der Waals surface area (Å²) in [5, 5.41) is 3.26. The predicted octanol–water partition coefficient (Wildman–Crippen LogP) is 2.46. The molecule has 3 N–H and O–H groups in total. The van der Waals surface area contributed by atoms with E-state index in [-0.39, 0.29) is 23.5 Å². The molecule has 4 unspecified atom stereocenters. The molecule has 0 aliphatic heterocycles. The van der Waals surface area contributed by atoms with Gasteiger partial charge >= 0.3 is 0 Å². The van der Waals surface area contributed by atoms with Gasteiger partial charge in [0, 0.05) is 6.04 Å². The highest BCUT2D eigenvalue weighted by Crippen LogP contribution is 2.66. The van der Waals surface area contributed by atoms with Crippen molar-refractivity contribution in [1.29, 1.82) is 0 Å². The van der Waals surface area contributed by atoms with Crippen LogP contribution in [0.2, 0.25) is 0 Å². The summed E-state index contributed by atoms with van der Waals surface area (Å²) in [6.07, 6.45) is 3.87.